The molecule has 0 fully saturated rings. The van der Waals surface area contributed by atoms with E-state index in [9.17, 15) is 4.39 Å². The highest BCUT2D eigenvalue weighted by atomic mass is 35.5. The first-order chi connectivity index (χ1) is 7.19. The van der Waals surface area contributed by atoms with Gasteiger partial charge in [0.15, 0.2) is 11.6 Å². The normalized spacial score (nSPS) is 9.73. The van der Waals surface area contributed by atoms with Crippen molar-refractivity contribution < 1.29 is 4.39 Å². The SMILES string of the molecule is C=CCN(CC=C)c1nc(Cl)ncc1F. The summed E-state index contributed by atoms with van der Waals surface area (Å²) in [5.41, 5.74) is 0. The molecule has 0 aliphatic heterocycles. The Bertz CT molecular complexity index is 358. The van der Waals surface area contributed by atoms with Gasteiger partial charge in [-0.2, -0.15) is 4.98 Å². The zero-order valence-corrected chi connectivity index (χ0v) is 8.91. The van der Waals surface area contributed by atoms with Gasteiger partial charge in [0.2, 0.25) is 5.28 Å². The van der Waals surface area contributed by atoms with Gasteiger partial charge in [-0.3, -0.25) is 0 Å². The molecule has 1 heterocycles. The van der Waals surface area contributed by atoms with E-state index in [0.29, 0.717) is 13.1 Å². The summed E-state index contributed by atoms with van der Waals surface area (Å²) in [6.07, 6.45) is 4.35. The number of rotatable bonds is 5. The molecule has 0 N–H and O–H groups in total. The van der Waals surface area contributed by atoms with Crippen LogP contribution < -0.4 is 4.90 Å². The molecule has 0 aliphatic rings. The number of aromatic nitrogens is 2. The van der Waals surface area contributed by atoms with Crippen LogP contribution in [0, 0.1) is 5.82 Å². The van der Waals surface area contributed by atoms with Crippen LogP contribution in [0.3, 0.4) is 0 Å². The fraction of sp³-hybridized carbons (Fsp3) is 0.200. The second-order valence-corrected chi connectivity index (χ2v) is 3.13. The summed E-state index contributed by atoms with van der Waals surface area (Å²) < 4.78 is 13.4. The highest BCUT2D eigenvalue weighted by Crippen LogP contribution is 2.17. The average Bonchev–Trinajstić information content (AvgIpc) is 2.21. The van der Waals surface area contributed by atoms with E-state index in [4.69, 9.17) is 11.6 Å². The van der Waals surface area contributed by atoms with Crippen LogP contribution in [0.15, 0.2) is 31.5 Å². The van der Waals surface area contributed by atoms with E-state index >= 15 is 0 Å². The smallest absolute Gasteiger partial charge is 0.224 e. The van der Waals surface area contributed by atoms with Gasteiger partial charge < -0.3 is 4.90 Å². The van der Waals surface area contributed by atoms with Gasteiger partial charge >= 0.3 is 0 Å². The fourth-order valence-electron chi connectivity index (χ4n) is 1.12. The predicted molar refractivity (Wildman–Crippen MR) is 59.6 cm³/mol. The fourth-order valence-corrected chi connectivity index (χ4v) is 1.25. The molecule has 5 heteroatoms. The van der Waals surface area contributed by atoms with Crippen molar-refractivity contribution >= 4 is 17.4 Å². The molecule has 0 unspecified atom stereocenters. The molecule has 0 saturated heterocycles. The molecule has 0 aromatic carbocycles. The summed E-state index contributed by atoms with van der Waals surface area (Å²) in [4.78, 5) is 9.02. The van der Waals surface area contributed by atoms with Gasteiger partial charge in [-0.25, -0.2) is 9.37 Å². The van der Waals surface area contributed by atoms with Crippen LogP contribution in [0.25, 0.3) is 0 Å². The van der Waals surface area contributed by atoms with Crippen LogP contribution in [-0.4, -0.2) is 23.1 Å². The first-order valence-corrected chi connectivity index (χ1v) is 4.71. The van der Waals surface area contributed by atoms with Crippen LogP contribution >= 0.6 is 11.6 Å². The van der Waals surface area contributed by atoms with Crippen molar-refractivity contribution in [3.63, 3.8) is 0 Å². The van der Waals surface area contributed by atoms with Crippen LogP contribution in [0.2, 0.25) is 5.28 Å². The van der Waals surface area contributed by atoms with Gasteiger partial charge in [0, 0.05) is 13.1 Å². The Labute approximate surface area is 92.9 Å². The van der Waals surface area contributed by atoms with Crippen molar-refractivity contribution in [2.45, 2.75) is 0 Å². The van der Waals surface area contributed by atoms with Crippen LogP contribution in [-0.2, 0) is 0 Å². The van der Waals surface area contributed by atoms with Crippen molar-refractivity contribution in [1.29, 1.82) is 0 Å². The molecule has 0 radical (unpaired) electrons. The molecule has 0 amide bonds. The largest absolute Gasteiger partial charge is 0.347 e. The Morgan fingerprint density at radius 3 is 2.53 bits per heavy atom. The first-order valence-electron chi connectivity index (χ1n) is 4.33. The molecule has 0 bridgehead atoms. The standard InChI is InChI=1S/C10H11ClFN3/c1-3-5-15(6-4-2)9-8(12)7-13-10(11)14-9/h3-4,7H,1-2,5-6H2. The highest BCUT2D eigenvalue weighted by molar-refractivity contribution is 6.28. The molecule has 1 rings (SSSR count). The maximum Gasteiger partial charge on any atom is 0.224 e. The number of hydrogen-bond acceptors (Lipinski definition) is 3. The monoisotopic (exact) mass is 227 g/mol. The van der Waals surface area contributed by atoms with Gasteiger partial charge in [-0.05, 0) is 11.6 Å². The zero-order valence-electron chi connectivity index (χ0n) is 8.16. The maximum atomic E-state index is 13.4. The molecule has 1 aromatic heterocycles. The van der Waals surface area contributed by atoms with Crippen molar-refractivity contribution in [3.8, 4) is 0 Å². The Balaban J connectivity index is 3.02. The lowest BCUT2D eigenvalue weighted by atomic mass is 10.4. The van der Waals surface area contributed by atoms with E-state index in [2.05, 4.69) is 23.1 Å². The van der Waals surface area contributed by atoms with E-state index in [-0.39, 0.29) is 11.1 Å². The van der Waals surface area contributed by atoms with E-state index in [1.54, 1.807) is 17.1 Å². The highest BCUT2D eigenvalue weighted by Gasteiger charge is 2.12. The summed E-state index contributed by atoms with van der Waals surface area (Å²) in [6.45, 7) is 8.11. The Kier molecular flexibility index (Phi) is 4.24. The van der Waals surface area contributed by atoms with Crippen LogP contribution in [0.1, 0.15) is 0 Å². The number of anilines is 1. The summed E-state index contributed by atoms with van der Waals surface area (Å²) in [5.74, 6) is -0.349. The zero-order chi connectivity index (χ0) is 11.3. The van der Waals surface area contributed by atoms with Gasteiger partial charge in [0.25, 0.3) is 0 Å². The van der Waals surface area contributed by atoms with Crippen molar-refractivity contribution in [2.75, 3.05) is 18.0 Å². The van der Waals surface area contributed by atoms with Gasteiger partial charge in [0.1, 0.15) is 0 Å². The molecule has 3 nitrogen and oxygen atoms in total. The second-order valence-electron chi connectivity index (χ2n) is 2.79. The first kappa shape index (κ1) is 11.7. The number of hydrogen-bond donors (Lipinski definition) is 0. The van der Waals surface area contributed by atoms with Crippen LogP contribution in [0.4, 0.5) is 10.2 Å². The third-order valence-corrected chi connectivity index (χ3v) is 1.88. The molecular weight excluding hydrogens is 217 g/mol. The Morgan fingerprint density at radius 2 is 2.00 bits per heavy atom. The predicted octanol–water partition coefficient (Wildman–Crippen LogP) is 2.45. The van der Waals surface area contributed by atoms with Gasteiger partial charge in [-0.1, -0.05) is 12.2 Å². The third kappa shape index (κ3) is 3.02. The second kappa shape index (κ2) is 5.46. The Hall–Kier alpha value is -1.42. The molecular formula is C10H11ClFN3. The van der Waals surface area contributed by atoms with E-state index in [1.807, 2.05) is 0 Å². The topological polar surface area (TPSA) is 29.0 Å². The third-order valence-electron chi connectivity index (χ3n) is 1.69. The van der Waals surface area contributed by atoms with E-state index in [0.717, 1.165) is 6.20 Å². The lowest BCUT2D eigenvalue weighted by Gasteiger charge is -2.20. The lowest BCUT2D eigenvalue weighted by Crippen LogP contribution is -2.25. The molecule has 80 valence electrons. The van der Waals surface area contributed by atoms with Gasteiger partial charge in [-0.15, -0.1) is 13.2 Å². The van der Waals surface area contributed by atoms with Crippen LogP contribution in [0.5, 0.6) is 0 Å². The summed E-state index contributed by atoms with van der Waals surface area (Å²) in [7, 11) is 0. The molecule has 1 aromatic rings. The maximum absolute atomic E-state index is 13.4. The minimum atomic E-state index is -0.511. The lowest BCUT2D eigenvalue weighted by molar-refractivity contribution is 0.607. The number of nitrogens with zero attached hydrogens (tertiary/aromatic N) is 3. The van der Waals surface area contributed by atoms with E-state index < -0.39 is 5.82 Å². The number of halogens is 2. The average molecular weight is 228 g/mol. The van der Waals surface area contributed by atoms with E-state index in [1.165, 1.54) is 0 Å². The van der Waals surface area contributed by atoms with Crippen molar-refractivity contribution in [3.05, 3.63) is 42.6 Å². The summed E-state index contributed by atoms with van der Waals surface area (Å²) in [5, 5.41) is 0.0181. The summed E-state index contributed by atoms with van der Waals surface area (Å²) >= 11 is 5.59. The van der Waals surface area contributed by atoms with Gasteiger partial charge in [0.05, 0.1) is 6.20 Å². The molecule has 15 heavy (non-hydrogen) atoms. The minimum Gasteiger partial charge on any atom is -0.347 e. The molecule has 0 saturated carbocycles. The molecule has 0 atom stereocenters. The summed E-state index contributed by atoms with van der Waals surface area (Å²) in [6, 6.07) is 0. The van der Waals surface area contributed by atoms with Crippen molar-refractivity contribution in [1.82, 2.24) is 9.97 Å². The quantitative estimate of drug-likeness (QED) is 0.572. The molecule has 0 aliphatic carbocycles. The van der Waals surface area contributed by atoms with Crippen molar-refractivity contribution in [2.24, 2.45) is 0 Å². The molecule has 0 spiro atoms. The minimum absolute atomic E-state index is 0.0181. The Morgan fingerprint density at radius 1 is 1.40 bits per heavy atom.